The van der Waals surface area contributed by atoms with Crippen molar-refractivity contribution in [3.63, 3.8) is 0 Å². The lowest BCUT2D eigenvalue weighted by Gasteiger charge is -2.51. The SMILES string of the molecule is CC[C@]12CCC[NH+]3CCc4c(n(c5ccccc45)C(=O)C1)[C@H]32. The standard InChI is InChI=1S/C19H22N2O/c1-2-19-9-5-10-20-11-8-14-13-6-3-4-7-15(13)21(16(22)12-19)17(14)18(19)20/h3-4,6-7,18H,2,5,8-12H2,1H3/p+1/t18-,19-/m0/s1. The van der Waals surface area contributed by atoms with Crippen LogP contribution in [-0.4, -0.2) is 23.6 Å². The summed E-state index contributed by atoms with van der Waals surface area (Å²) >= 11 is 0. The Hall–Kier alpha value is -1.61. The maximum absolute atomic E-state index is 13.0. The van der Waals surface area contributed by atoms with Gasteiger partial charge in [-0.3, -0.25) is 9.36 Å². The highest BCUT2D eigenvalue weighted by Gasteiger charge is 2.55. The second kappa shape index (κ2) is 4.23. The molecular formula is C19H23N2O+. The van der Waals surface area contributed by atoms with Crippen molar-refractivity contribution in [2.75, 3.05) is 13.1 Å². The van der Waals surface area contributed by atoms with E-state index in [4.69, 9.17) is 0 Å². The number of benzene rings is 1. The zero-order chi connectivity index (χ0) is 14.9. The van der Waals surface area contributed by atoms with E-state index >= 15 is 0 Å². The molecule has 3 aliphatic heterocycles. The number of carbonyl (C=O) groups excluding carboxylic acids is 1. The molecule has 0 aliphatic carbocycles. The summed E-state index contributed by atoms with van der Waals surface area (Å²) in [6.45, 7) is 4.81. The molecule has 1 unspecified atom stereocenters. The molecule has 1 N–H and O–H groups in total. The molecule has 0 spiro atoms. The predicted octanol–water partition coefficient (Wildman–Crippen LogP) is 2.36. The molecule has 5 rings (SSSR count). The van der Waals surface area contributed by atoms with Gasteiger partial charge in [-0.05, 0) is 30.9 Å². The van der Waals surface area contributed by atoms with Crippen molar-refractivity contribution in [3.05, 3.63) is 35.5 Å². The number of carbonyl (C=O) groups is 1. The molecule has 1 saturated heterocycles. The van der Waals surface area contributed by atoms with Crippen LogP contribution in [0.3, 0.4) is 0 Å². The van der Waals surface area contributed by atoms with Crippen molar-refractivity contribution in [2.45, 2.75) is 45.1 Å². The highest BCUT2D eigenvalue weighted by atomic mass is 16.2. The van der Waals surface area contributed by atoms with Crippen LogP contribution in [0.1, 0.15) is 54.7 Å². The third-order valence-corrected chi connectivity index (χ3v) is 6.64. The Morgan fingerprint density at radius 2 is 2.18 bits per heavy atom. The molecule has 3 nitrogen and oxygen atoms in total. The molecular weight excluding hydrogens is 272 g/mol. The lowest BCUT2D eigenvalue weighted by Crippen LogP contribution is -3.16. The maximum atomic E-state index is 13.0. The first-order chi connectivity index (χ1) is 10.7. The summed E-state index contributed by atoms with van der Waals surface area (Å²) in [7, 11) is 0. The third-order valence-electron chi connectivity index (χ3n) is 6.64. The van der Waals surface area contributed by atoms with Gasteiger partial charge >= 0.3 is 0 Å². The van der Waals surface area contributed by atoms with Crippen LogP contribution in [0.4, 0.5) is 0 Å². The summed E-state index contributed by atoms with van der Waals surface area (Å²) in [5.41, 5.74) is 4.20. The Bertz CT molecular complexity index is 790. The van der Waals surface area contributed by atoms with E-state index in [9.17, 15) is 4.79 Å². The second-order valence-electron chi connectivity index (χ2n) is 7.45. The minimum Gasteiger partial charge on any atom is -0.327 e. The van der Waals surface area contributed by atoms with Gasteiger partial charge in [0, 0.05) is 23.6 Å². The van der Waals surface area contributed by atoms with Gasteiger partial charge in [0.1, 0.15) is 6.04 Å². The summed E-state index contributed by atoms with van der Waals surface area (Å²) in [4.78, 5) is 14.7. The smallest absolute Gasteiger partial charge is 0.232 e. The molecule has 22 heavy (non-hydrogen) atoms. The number of aromatic nitrogens is 1. The Labute approximate surface area is 130 Å². The largest absolute Gasteiger partial charge is 0.327 e. The summed E-state index contributed by atoms with van der Waals surface area (Å²) in [5.74, 6) is 0.332. The van der Waals surface area contributed by atoms with Crippen molar-refractivity contribution in [2.24, 2.45) is 5.41 Å². The maximum Gasteiger partial charge on any atom is 0.232 e. The number of rotatable bonds is 1. The van der Waals surface area contributed by atoms with Crippen LogP contribution in [0, 0.1) is 5.41 Å². The van der Waals surface area contributed by atoms with Crippen LogP contribution in [-0.2, 0) is 6.42 Å². The Balaban J connectivity index is 1.88. The summed E-state index contributed by atoms with van der Waals surface area (Å²) in [5, 5.41) is 1.32. The first-order valence-electron chi connectivity index (χ1n) is 8.75. The molecule has 3 aliphatic rings. The topological polar surface area (TPSA) is 26.4 Å². The van der Waals surface area contributed by atoms with Crippen molar-refractivity contribution in [3.8, 4) is 0 Å². The number of piperidine rings is 1. The monoisotopic (exact) mass is 295 g/mol. The first kappa shape index (κ1) is 12.9. The molecule has 1 fully saturated rings. The fraction of sp³-hybridized carbons (Fsp3) is 0.526. The van der Waals surface area contributed by atoms with E-state index in [-0.39, 0.29) is 5.41 Å². The van der Waals surface area contributed by atoms with E-state index < -0.39 is 0 Å². The summed E-state index contributed by atoms with van der Waals surface area (Å²) in [6.07, 6.45) is 5.51. The van der Waals surface area contributed by atoms with Crippen LogP contribution in [0.15, 0.2) is 24.3 Å². The third kappa shape index (κ3) is 1.38. The first-order valence-corrected chi connectivity index (χ1v) is 8.75. The average molecular weight is 295 g/mol. The van der Waals surface area contributed by atoms with Gasteiger partial charge < -0.3 is 4.90 Å². The zero-order valence-electron chi connectivity index (χ0n) is 13.2. The van der Waals surface area contributed by atoms with E-state index in [2.05, 4.69) is 35.8 Å². The van der Waals surface area contributed by atoms with Gasteiger partial charge in [0.05, 0.1) is 24.3 Å². The minimum absolute atomic E-state index is 0.213. The van der Waals surface area contributed by atoms with E-state index in [1.165, 1.54) is 42.6 Å². The van der Waals surface area contributed by atoms with Gasteiger partial charge in [-0.25, -0.2) is 0 Å². The summed E-state index contributed by atoms with van der Waals surface area (Å²) in [6, 6.07) is 9.07. The molecule has 114 valence electrons. The highest BCUT2D eigenvalue weighted by Crippen LogP contribution is 2.51. The van der Waals surface area contributed by atoms with Crippen LogP contribution in [0.5, 0.6) is 0 Å². The Morgan fingerprint density at radius 3 is 3.05 bits per heavy atom. The lowest BCUT2D eigenvalue weighted by molar-refractivity contribution is -0.949. The van der Waals surface area contributed by atoms with Gasteiger partial charge in [0.2, 0.25) is 5.91 Å². The molecule has 2 aromatic rings. The zero-order valence-corrected chi connectivity index (χ0v) is 13.2. The van der Waals surface area contributed by atoms with E-state index in [0.717, 1.165) is 24.8 Å². The van der Waals surface area contributed by atoms with Gasteiger partial charge in [0.15, 0.2) is 0 Å². The van der Waals surface area contributed by atoms with E-state index in [1.807, 2.05) is 0 Å². The number of nitrogens with one attached hydrogen (secondary N) is 1. The molecule has 3 atom stereocenters. The quantitative estimate of drug-likeness (QED) is 0.859. The van der Waals surface area contributed by atoms with Crippen molar-refractivity contribution in [1.29, 1.82) is 0 Å². The number of para-hydroxylation sites is 1. The Kier molecular flexibility index (Phi) is 2.48. The Morgan fingerprint density at radius 1 is 1.32 bits per heavy atom. The van der Waals surface area contributed by atoms with E-state index in [0.29, 0.717) is 11.9 Å². The van der Waals surface area contributed by atoms with Gasteiger partial charge in [0.25, 0.3) is 0 Å². The molecule has 0 bridgehead atoms. The van der Waals surface area contributed by atoms with Crippen LogP contribution >= 0.6 is 0 Å². The van der Waals surface area contributed by atoms with Gasteiger partial charge in [-0.2, -0.15) is 0 Å². The fourth-order valence-electron chi connectivity index (χ4n) is 5.67. The van der Waals surface area contributed by atoms with Crippen molar-refractivity contribution in [1.82, 2.24) is 4.57 Å². The number of hydrogen-bond donors (Lipinski definition) is 1. The van der Waals surface area contributed by atoms with Gasteiger partial charge in [-0.15, -0.1) is 0 Å². The number of fused-ring (bicyclic) bond motifs is 3. The molecule has 0 saturated carbocycles. The summed E-state index contributed by atoms with van der Waals surface area (Å²) < 4.78 is 2.09. The lowest BCUT2D eigenvalue weighted by atomic mass is 9.64. The van der Waals surface area contributed by atoms with E-state index in [1.54, 1.807) is 4.90 Å². The molecule has 0 amide bonds. The van der Waals surface area contributed by atoms with Gasteiger partial charge in [-0.1, -0.05) is 25.1 Å². The molecule has 3 heteroatoms. The molecule has 0 radical (unpaired) electrons. The predicted molar refractivity (Wildman–Crippen MR) is 86.3 cm³/mol. The highest BCUT2D eigenvalue weighted by molar-refractivity contribution is 5.97. The fourth-order valence-corrected chi connectivity index (χ4v) is 5.67. The minimum atomic E-state index is 0.213. The number of nitrogens with zero attached hydrogens (tertiary/aromatic N) is 1. The molecule has 4 heterocycles. The average Bonchev–Trinajstić information content (AvgIpc) is 2.89. The number of hydrogen-bond acceptors (Lipinski definition) is 1. The van der Waals surface area contributed by atoms with Crippen molar-refractivity contribution >= 4 is 16.8 Å². The van der Waals surface area contributed by atoms with Crippen molar-refractivity contribution < 1.29 is 9.69 Å². The number of quaternary nitrogens is 1. The second-order valence-corrected chi connectivity index (χ2v) is 7.45. The molecule has 1 aromatic carbocycles. The van der Waals surface area contributed by atoms with Crippen LogP contribution < -0.4 is 4.90 Å². The normalized spacial score (nSPS) is 33.0. The van der Waals surface area contributed by atoms with Crippen LogP contribution in [0.25, 0.3) is 10.9 Å². The van der Waals surface area contributed by atoms with Crippen LogP contribution in [0.2, 0.25) is 0 Å². The molecule has 1 aromatic heterocycles.